The quantitative estimate of drug-likeness (QED) is 0.398. The van der Waals surface area contributed by atoms with Gasteiger partial charge in [-0.15, -0.1) is 0 Å². The summed E-state index contributed by atoms with van der Waals surface area (Å²) in [4.78, 5) is 25.3. The molecule has 1 amide bonds. The summed E-state index contributed by atoms with van der Waals surface area (Å²) in [6, 6.07) is 12.3. The Morgan fingerprint density at radius 3 is 2.44 bits per heavy atom. The van der Waals surface area contributed by atoms with E-state index in [1.54, 1.807) is 48.0 Å². The van der Waals surface area contributed by atoms with E-state index in [1.807, 2.05) is 13.0 Å². The Morgan fingerprint density at radius 1 is 1.09 bits per heavy atom. The lowest BCUT2D eigenvalue weighted by Crippen LogP contribution is -2.36. The zero-order valence-electron chi connectivity index (χ0n) is 19.2. The summed E-state index contributed by atoms with van der Waals surface area (Å²) < 4.78 is 6.77. The Kier molecular flexibility index (Phi) is 7.59. The van der Waals surface area contributed by atoms with E-state index in [4.69, 9.17) is 33.0 Å². The summed E-state index contributed by atoms with van der Waals surface area (Å²) in [5.41, 5.74) is 3.60. The second-order valence-corrected chi connectivity index (χ2v) is 9.28. The van der Waals surface area contributed by atoms with Crippen molar-refractivity contribution < 1.29 is 14.3 Å². The maximum Gasteiger partial charge on any atom is 0.338 e. The van der Waals surface area contributed by atoms with Gasteiger partial charge in [0.25, 0.3) is 5.91 Å². The fraction of sp³-hybridized carbons (Fsp3) is 0.346. The van der Waals surface area contributed by atoms with E-state index in [0.717, 1.165) is 25.7 Å². The Bertz CT molecular complexity index is 1200. The van der Waals surface area contributed by atoms with E-state index >= 15 is 0 Å². The van der Waals surface area contributed by atoms with Crippen LogP contribution in [0, 0.1) is 6.92 Å². The summed E-state index contributed by atoms with van der Waals surface area (Å²) in [6.07, 6.45) is 5.42. The van der Waals surface area contributed by atoms with Crippen LogP contribution in [0.4, 0.5) is 0 Å². The molecule has 1 N–H and O–H groups in total. The van der Waals surface area contributed by atoms with Crippen LogP contribution < -0.4 is 5.32 Å². The molecule has 1 aliphatic carbocycles. The zero-order valence-corrected chi connectivity index (χ0v) is 20.7. The van der Waals surface area contributed by atoms with E-state index < -0.39 is 0 Å². The van der Waals surface area contributed by atoms with Crippen LogP contribution in [0.25, 0.3) is 16.9 Å². The SMILES string of the molecule is CCOC(=O)c1ccc(-n2nc(C(=O)NC3CCCCC3)c(C)c2-c2ccc(Cl)cc2Cl)cc1. The molecule has 0 bridgehead atoms. The Morgan fingerprint density at radius 2 is 1.79 bits per heavy atom. The van der Waals surface area contributed by atoms with Crippen molar-refractivity contribution in [3.8, 4) is 16.9 Å². The molecular formula is C26H27Cl2N3O3. The number of carbonyl (C=O) groups excluding carboxylic acids is 2. The molecule has 34 heavy (non-hydrogen) atoms. The summed E-state index contributed by atoms with van der Waals surface area (Å²) >= 11 is 12.7. The number of hydrogen-bond donors (Lipinski definition) is 1. The first-order chi connectivity index (χ1) is 16.4. The molecule has 3 aromatic rings. The number of aromatic nitrogens is 2. The third kappa shape index (κ3) is 5.13. The predicted octanol–water partition coefficient (Wildman–Crippen LogP) is 6.39. The van der Waals surface area contributed by atoms with Crippen LogP contribution in [0.3, 0.4) is 0 Å². The van der Waals surface area contributed by atoms with Crippen molar-refractivity contribution in [3.05, 3.63) is 69.3 Å². The maximum atomic E-state index is 13.2. The van der Waals surface area contributed by atoms with Crippen molar-refractivity contribution in [1.82, 2.24) is 15.1 Å². The minimum Gasteiger partial charge on any atom is -0.462 e. The maximum absolute atomic E-state index is 13.2. The zero-order chi connectivity index (χ0) is 24.2. The number of esters is 1. The second kappa shape index (κ2) is 10.6. The van der Waals surface area contributed by atoms with Gasteiger partial charge in [0.2, 0.25) is 0 Å². The van der Waals surface area contributed by atoms with E-state index in [2.05, 4.69) is 5.32 Å². The average molecular weight is 500 g/mol. The van der Waals surface area contributed by atoms with E-state index in [1.165, 1.54) is 6.42 Å². The van der Waals surface area contributed by atoms with Gasteiger partial charge in [0, 0.05) is 22.2 Å². The van der Waals surface area contributed by atoms with Gasteiger partial charge in [-0.3, -0.25) is 4.79 Å². The molecule has 2 aromatic carbocycles. The molecule has 0 aliphatic heterocycles. The highest BCUT2D eigenvalue weighted by Gasteiger charge is 2.25. The average Bonchev–Trinajstić information content (AvgIpc) is 3.17. The van der Waals surface area contributed by atoms with Crippen LogP contribution in [-0.2, 0) is 4.74 Å². The van der Waals surface area contributed by atoms with Crippen LogP contribution in [0.15, 0.2) is 42.5 Å². The summed E-state index contributed by atoms with van der Waals surface area (Å²) in [5, 5.41) is 8.82. The molecule has 6 nitrogen and oxygen atoms in total. The number of benzene rings is 2. The van der Waals surface area contributed by atoms with Crippen molar-refractivity contribution in [2.45, 2.75) is 52.0 Å². The molecule has 1 aromatic heterocycles. The van der Waals surface area contributed by atoms with E-state index in [0.29, 0.717) is 50.4 Å². The van der Waals surface area contributed by atoms with Gasteiger partial charge >= 0.3 is 5.97 Å². The first kappa shape index (κ1) is 24.3. The molecule has 0 radical (unpaired) electrons. The van der Waals surface area contributed by atoms with Crippen LogP contribution >= 0.6 is 23.2 Å². The molecule has 1 saturated carbocycles. The minimum atomic E-state index is -0.390. The number of halogens is 2. The largest absolute Gasteiger partial charge is 0.462 e. The van der Waals surface area contributed by atoms with Crippen molar-refractivity contribution in [2.75, 3.05) is 6.61 Å². The molecule has 0 saturated heterocycles. The molecule has 1 aliphatic rings. The van der Waals surface area contributed by atoms with Gasteiger partial charge in [0.1, 0.15) is 0 Å². The molecule has 0 unspecified atom stereocenters. The highest BCUT2D eigenvalue weighted by molar-refractivity contribution is 6.36. The number of ether oxygens (including phenoxy) is 1. The Labute approximate surface area is 209 Å². The molecule has 8 heteroatoms. The van der Waals surface area contributed by atoms with E-state index in [9.17, 15) is 9.59 Å². The molecule has 0 atom stereocenters. The standard InChI is InChI=1S/C26H27Cl2N3O3/c1-3-34-26(33)17-9-12-20(13-10-17)31-24(21-14-11-18(27)15-22(21)28)16(2)23(30-31)25(32)29-19-7-5-4-6-8-19/h9-15,19H,3-8H2,1-2H3,(H,29,32). The lowest BCUT2D eigenvalue weighted by molar-refractivity contribution is 0.0526. The first-order valence-corrected chi connectivity index (χ1v) is 12.3. The van der Waals surface area contributed by atoms with Crippen molar-refractivity contribution in [1.29, 1.82) is 0 Å². The molecule has 178 valence electrons. The molecule has 0 spiro atoms. The van der Waals surface area contributed by atoms with Crippen LogP contribution in [0.1, 0.15) is 65.4 Å². The minimum absolute atomic E-state index is 0.164. The summed E-state index contributed by atoms with van der Waals surface area (Å²) in [7, 11) is 0. The first-order valence-electron chi connectivity index (χ1n) is 11.5. The van der Waals surface area contributed by atoms with Crippen LogP contribution in [0.5, 0.6) is 0 Å². The number of hydrogen-bond acceptors (Lipinski definition) is 4. The van der Waals surface area contributed by atoms with Gasteiger partial charge in [-0.25, -0.2) is 9.48 Å². The summed E-state index contributed by atoms with van der Waals surface area (Å²) in [6.45, 7) is 3.94. The Hall–Kier alpha value is -2.83. The third-order valence-corrected chi connectivity index (χ3v) is 6.63. The van der Waals surface area contributed by atoms with Crippen LogP contribution in [-0.4, -0.2) is 34.3 Å². The third-order valence-electron chi connectivity index (χ3n) is 6.09. The monoisotopic (exact) mass is 499 g/mol. The predicted molar refractivity (Wildman–Crippen MR) is 134 cm³/mol. The smallest absolute Gasteiger partial charge is 0.338 e. The van der Waals surface area contributed by atoms with Gasteiger partial charge < -0.3 is 10.1 Å². The van der Waals surface area contributed by atoms with Crippen molar-refractivity contribution in [3.63, 3.8) is 0 Å². The van der Waals surface area contributed by atoms with Gasteiger partial charge in [0.15, 0.2) is 5.69 Å². The highest BCUT2D eigenvalue weighted by atomic mass is 35.5. The highest BCUT2D eigenvalue weighted by Crippen LogP contribution is 2.35. The van der Waals surface area contributed by atoms with Gasteiger partial charge in [0.05, 0.1) is 28.6 Å². The number of nitrogens with zero attached hydrogens (tertiary/aromatic N) is 2. The summed E-state index contributed by atoms with van der Waals surface area (Å²) in [5.74, 6) is -0.586. The van der Waals surface area contributed by atoms with Gasteiger partial charge in [-0.05, 0) is 69.2 Å². The van der Waals surface area contributed by atoms with Crippen molar-refractivity contribution in [2.24, 2.45) is 0 Å². The molecule has 4 rings (SSSR count). The lowest BCUT2D eigenvalue weighted by atomic mass is 9.95. The fourth-order valence-corrected chi connectivity index (χ4v) is 4.85. The lowest BCUT2D eigenvalue weighted by Gasteiger charge is -2.22. The molecule has 1 heterocycles. The fourth-order valence-electron chi connectivity index (χ4n) is 4.35. The second-order valence-electron chi connectivity index (χ2n) is 8.43. The topological polar surface area (TPSA) is 73.2 Å². The molecular weight excluding hydrogens is 473 g/mol. The molecule has 1 fully saturated rings. The number of rotatable bonds is 6. The van der Waals surface area contributed by atoms with Crippen molar-refractivity contribution >= 4 is 35.1 Å². The Balaban J connectivity index is 1.77. The van der Waals surface area contributed by atoms with E-state index in [-0.39, 0.29) is 17.9 Å². The van der Waals surface area contributed by atoms with Gasteiger partial charge in [-0.1, -0.05) is 42.5 Å². The normalized spacial score (nSPS) is 14.1. The van der Waals surface area contributed by atoms with Gasteiger partial charge in [-0.2, -0.15) is 5.10 Å². The van der Waals surface area contributed by atoms with Crippen LogP contribution in [0.2, 0.25) is 10.0 Å². The number of carbonyl (C=O) groups is 2. The number of nitrogens with one attached hydrogen (secondary N) is 1. The number of amides is 1.